The average molecular weight is 220 g/mol. The van der Waals surface area contributed by atoms with Crippen LogP contribution < -0.4 is 10.2 Å². The van der Waals surface area contributed by atoms with Crippen molar-refractivity contribution in [2.45, 2.75) is 0 Å². The number of H-pyrrole nitrogens is 1. The van der Waals surface area contributed by atoms with Crippen molar-refractivity contribution in [1.29, 1.82) is 0 Å². The molecule has 5 heteroatoms. The largest absolute Gasteiger partial charge is 0.356 e. The number of halogens is 1. The predicted octanol–water partition coefficient (Wildman–Crippen LogP) is 1.11. The summed E-state index contributed by atoms with van der Waals surface area (Å²) in [5.74, 6) is 0.718. The molecule has 0 aliphatic carbocycles. The van der Waals surface area contributed by atoms with Crippen molar-refractivity contribution in [2.24, 2.45) is 0 Å². The molecule has 16 heavy (non-hydrogen) atoms. The Balaban J connectivity index is 1.97. The summed E-state index contributed by atoms with van der Waals surface area (Å²) < 4.78 is 13.0. The fourth-order valence-corrected chi connectivity index (χ4v) is 2.04. The second kappa shape index (κ2) is 3.75. The minimum absolute atomic E-state index is 0.304. The van der Waals surface area contributed by atoms with Crippen LogP contribution in [0.2, 0.25) is 0 Å². The molecule has 1 saturated heterocycles. The lowest BCUT2D eigenvalue weighted by Gasteiger charge is -2.27. The highest BCUT2D eigenvalue weighted by atomic mass is 19.1. The molecule has 2 aromatic heterocycles. The first-order chi connectivity index (χ1) is 7.83. The molecule has 0 atom stereocenters. The maximum atomic E-state index is 13.0. The van der Waals surface area contributed by atoms with Crippen LogP contribution in [0.4, 0.5) is 10.2 Å². The summed E-state index contributed by atoms with van der Waals surface area (Å²) in [7, 11) is 0. The summed E-state index contributed by atoms with van der Waals surface area (Å²) in [6.45, 7) is 3.90. The van der Waals surface area contributed by atoms with Crippen LogP contribution in [0.25, 0.3) is 11.0 Å². The molecule has 0 spiro atoms. The third-order valence-electron chi connectivity index (χ3n) is 2.88. The summed E-state index contributed by atoms with van der Waals surface area (Å²) in [6, 6.07) is 3.45. The van der Waals surface area contributed by atoms with E-state index in [0.29, 0.717) is 0 Å². The van der Waals surface area contributed by atoms with E-state index in [-0.39, 0.29) is 5.82 Å². The van der Waals surface area contributed by atoms with Gasteiger partial charge in [-0.2, -0.15) is 0 Å². The zero-order valence-electron chi connectivity index (χ0n) is 8.83. The van der Waals surface area contributed by atoms with E-state index >= 15 is 0 Å². The fourth-order valence-electron chi connectivity index (χ4n) is 2.04. The number of aromatic nitrogens is 2. The van der Waals surface area contributed by atoms with Crippen molar-refractivity contribution in [3.05, 3.63) is 24.1 Å². The number of aromatic amines is 1. The highest BCUT2D eigenvalue weighted by Gasteiger charge is 2.13. The van der Waals surface area contributed by atoms with E-state index < -0.39 is 0 Å². The number of hydrogen-bond donors (Lipinski definition) is 2. The van der Waals surface area contributed by atoms with E-state index in [1.54, 1.807) is 0 Å². The van der Waals surface area contributed by atoms with Gasteiger partial charge in [0.15, 0.2) is 0 Å². The van der Waals surface area contributed by atoms with Gasteiger partial charge in [-0.3, -0.25) is 4.98 Å². The summed E-state index contributed by atoms with van der Waals surface area (Å²) >= 11 is 0. The van der Waals surface area contributed by atoms with E-state index in [0.717, 1.165) is 43.0 Å². The molecule has 3 heterocycles. The number of fused-ring (bicyclic) bond motifs is 1. The lowest BCUT2D eigenvalue weighted by molar-refractivity contribution is 0.586. The first kappa shape index (κ1) is 9.59. The van der Waals surface area contributed by atoms with Gasteiger partial charge in [0.2, 0.25) is 0 Å². The van der Waals surface area contributed by atoms with Crippen molar-refractivity contribution in [1.82, 2.24) is 15.3 Å². The maximum absolute atomic E-state index is 13.0. The Kier molecular flexibility index (Phi) is 2.25. The average Bonchev–Trinajstić information content (AvgIpc) is 2.73. The number of piperazine rings is 1. The lowest BCUT2D eigenvalue weighted by Crippen LogP contribution is -2.43. The molecule has 0 bridgehead atoms. The van der Waals surface area contributed by atoms with Gasteiger partial charge in [0.05, 0.1) is 17.2 Å². The van der Waals surface area contributed by atoms with Crippen LogP contribution >= 0.6 is 0 Å². The first-order valence-electron chi connectivity index (χ1n) is 5.43. The van der Waals surface area contributed by atoms with E-state index in [9.17, 15) is 4.39 Å². The SMILES string of the molecule is Fc1cnc2cc(N3CCNCC3)[nH]c2c1. The molecule has 0 amide bonds. The molecule has 0 aromatic carbocycles. The van der Waals surface area contributed by atoms with Crippen molar-refractivity contribution in [2.75, 3.05) is 31.1 Å². The minimum Gasteiger partial charge on any atom is -0.356 e. The quantitative estimate of drug-likeness (QED) is 0.756. The third-order valence-corrected chi connectivity index (χ3v) is 2.88. The third kappa shape index (κ3) is 1.63. The Morgan fingerprint density at radius 2 is 2.06 bits per heavy atom. The van der Waals surface area contributed by atoms with E-state index in [1.807, 2.05) is 6.07 Å². The van der Waals surface area contributed by atoms with Gasteiger partial charge in [0.1, 0.15) is 11.6 Å². The van der Waals surface area contributed by atoms with Gasteiger partial charge in [-0.05, 0) is 0 Å². The Labute approximate surface area is 92.5 Å². The molecule has 2 N–H and O–H groups in total. The number of nitrogens with one attached hydrogen (secondary N) is 2. The second-order valence-corrected chi connectivity index (χ2v) is 3.98. The summed E-state index contributed by atoms with van der Waals surface area (Å²) in [4.78, 5) is 9.50. The van der Waals surface area contributed by atoms with Crippen LogP contribution in [0.5, 0.6) is 0 Å². The van der Waals surface area contributed by atoms with Gasteiger partial charge in [0, 0.05) is 38.3 Å². The van der Waals surface area contributed by atoms with Gasteiger partial charge in [0.25, 0.3) is 0 Å². The molecule has 0 saturated carbocycles. The number of hydrogen-bond acceptors (Lipinski definition) is 3. The van der Waals surface area contributed by atoms with Crippen LogP contribution in [0.1, 0.15) is 0 Å². The fraction of sp³-hybridized carbons (Fsp3) is 0.364. The topological polar surface area (TPSA) is 44.0 Å². The highest BCUT2D eigenvalue weighted by Crippen LogP contribution is 2.20. The Morgan fingerprint density at radius 1 is 1.25 bits per heavy atom. The summed E-state index contributed by atoms with van der Waals surface area (Å²) in [5.41, 5.74) is 1.57. The molecule has 1 aliphatic heterocycles. The van der Waals surface area contributed by atoms with Crippen molar-refractivity contribution < 1.29 is 4.39 Å². The Hall–Kier alpha value is -1.62. The monoisotopic (exact) mass is 220 g/mol. The van der Waals surface area contributed by atoms with Crippen LogP contribution in [-0.2, 0) is 0 Å². The maximum Gasteiger partial charge on any atom is 0.143 e. The van der Waals surface area contributed by atoms with E-state index in [4.69, 9.17) is 0 Å². The predicted molar refractivity (Wildman–Crippen MR) is 61.1 cm³/mol. The molecule has 1 fully saturated rings. The molecule has 1 aliphatic rings. The number of pyridine rings is 1. The molecular weight excluding hydrogens is 207 g/mol. The van der Waals surface area contributed by atoms with Crippen molar-refractivity contribution in [3.8, 4) is 0 Å². The number of nitrogens with zero attached hydrogens (tertiary/aromatic N) is 2. The zero-order chi connectivity index (χ0) is 11.0. The Morgan fingerprint density at radius 3 is 2.88 bits per heavy atom. The van der Waals surface area contributed by atoms with Crippen molar-refractivity contribution >= 4 is 16.9 Å². The normalized spacial score (nSPS) is 16.9. The Bertz CT molecular complexity index is 502. The first-order valence-corrected chi connectivity index (χ1v) is 5.43. The minimum atomic E-state index is -0.304. The van der Waals surface area contributed by atoms with Gasteiger partial charge < -0.3 is 15.2 Å². The molecule has 0 radical (unpaired) electrons. The number of anilines is 1. The zero-order valence-corrected chi connectivity index (χ0v) is 8.83. The smallest absolute Gasteiger partial charge is 0.143 e. The molecule has 0 unspecified atom stereocenters. The number of rotatable bonds is 1. The van der Waals surface area contributed by atoms with Crippen LogP contribution in [0.15, 0.2) is 18.3 Å². The molecule has 3 rings (SSSR count). The lowest BCUT2D eigenvalue weighted by atomic mass is 10.3. The van der Waals surface area contributed by atoms with E-state index in [2.05, 4.69) is 20.2 Å². The molecular formula is C11H13FN4. The van der Waals surface area contributed by atoms with Gasteiger partial charge >= 0.3 is 0 Å². The van der Waals surface area contributed by atoms with Crippen LogP contribution in [0.3, 0.4) is 0 Å². The summed E-state index contributed by atoms with van der Waals surface area (Å²) in [6.07, 6.45) is 1.25. The van der Waals surface area contributed by atoms with Crippen LogP contribution in [-0.4, -0.2) is 36.1 Å². The van der Waals surface area contributed by atoms with E-state index in [1.165, 1.54) is 12.3 Å². The van der Waals surface area contributed by atoms with Gasteiger partial charge in [-0.15, -0.1) is 0 Å². The van der Waals surface area contributed by atoms with Gasteiger partial charge in [-0.1, -0.05) is 0 Å². The second-order valence-electron chi connectivity index (χ2n) is 3.98. The summed E-state index contributed by atoms with van der Waals surface area (Å²) in [5, 5.41) is 3.30. The van der Waals surface area contributed by atoms with Crippen LogP contribution in [0, 0.1) is 5.82 Å². The standard InChI is InChI=1S/C11H13FN4/c12-8-5-10-9(14-7-8)6-11(15-10)16-3-1-13-2-4-16/h5-7,13,15H,1-4H2. The van der Waals surface area contributed by atoms with Gasteiger partial charge in [-0.25, -0.2) is 4.39 Å². The van der Waals surface area contributed by atoms with Crippen molar-refractivity contribution in [3.63, 3.8) is 0 Å². The highest BCUT2D eigenvalue weighted by molar-refractivity contribution is 5.80. The molecule has 84 valence electrons. The molecule has 2 aromatic rings. The molecule has 4 nitrogen and oxygen atoms in total.